The molecule has 1 amide bonds. The quantitative estimate of drug-likeness (QED) is 0.740. The largest absolute Gasteiger partial charge is 0.368 e. The summed E-state index contributed by atoms with van der Waals surface area (Å²) in [5, 5.41) is 0. The van der Waals surface area contributed by atoms with Gasteiger partial charge in [-0.25, -0.2) is 0 Å². The Morgan fingerprint density at radius 2 is 1.75 bits per heavy atom. The third kappa shape index (κ3) is 3.61. The van der Waals surface area contributed by atoms with Crippen LogP contribution in [0.15, 0.2) is 0 Å². The molecule has 1 fully saturated rings. The Morgan fingerprint density at radius 3 is 2.08 bits per heavy atom. The Morgan fingerprint density at radius 1 is 1.33 bits per heavy atom. The van der Waals surface area contributed by atoms with Crippen LogP contribution in [0.3, 0.4) is 0 Å². The minimum Gasteiger partial charge on any atom is -0.368 e. The molecule has 2 N–H and O–H groups in total. The van der Waals surface area contributed by atoms with Gasteiger partial charge in [-0.3, -0.25) is 9.69 Å². The predicted octanol–water partition coefficient (Wildman–Crippen LogP) is 0.800. The first-order chi connectivity index (χ1) is 4.72. The highest BCUT2D eigenvalue weighted by Gasteiger charge is 2.21. The van der Waals surface area contributed by atoms with Crippen LogP contribution >= 0.6 is 24.8 Å². The van der Waals surface area contributed by atoms with Gasteiger partial charge in [0.05, 0.1) is 6.04 Å². The highest BCUT2D eigenvalue weighted by atomic mass is 35.5. The first-order valence-corrected chi connectivity index (χ1v) is 3.75. The van der Waals surface area contributed by atoms with Gasteiger partial charge in [0.1, 0.15) is 0 Å². The summed E-state index contributed by atoms with van der Waals surface area (Å²) in [6, 6.07) is -0.0671. The van der Waals surface area contributed by atoms with Gasteiger partial charge < -0.3 is 5.73 Å². The van der Waals surface area contributed by atoms with E-state index in [0.29, 0.717) is 0 Å². The Balaban J connectivity index is 0. The van der Waals surface area contributed by atoms with Gasteiger partial charge >= 0.3 is 0 Å². The van der Waals surface area contributed by atoms with Crippen LogP contribution in [0.1, 0.15) is 19.8 Å². The fourth-order valence-electron chi connectivity index (χ4n) is 1.31. The molecule has 0 aliphatic carbocycles. The summed E-state index contributed by atoms with van der Waals surface area (Å²) >= 11 is 0. The van der Waals surface area contributed by atoms with Gasteiger partial charge in [-0.2, -0.15) is 0 Å². The van der Waals surface area contributed by atoms with Gasteiger partial charge in [0.2, 0.25) is 5.91 Å². The molecule has 1 heterocycles. The van der Waals surface area contributed by atoms with Crippen LogP contribution in [0.4, 0.5) is 0 Å². The van der Waals surface area contributed by atoms with Gasteiger partial charge in [0.15, 0.2) is 0 Å². The number of primary amides is 1. The lowest BCUT2D eigenvalue weighted by Crippen LogP contribution is -2.40. The number of carbonyl (C=O) groups is 1. The van der Waals surface area contributed by atoms with Crippen LogP contribution in [0.25, 0.3) is 0 Å². The third-order valence-electron chi connectivity index (χ3n) is 2.10. The van der Waals surface area contributed by atoms with Gasteiger partial charge in [0.25, 0.3) is 0 Å². The Bertz CT molecular complexity index is 137. The van der Waals surface area contributed by atoms with Crippen LogP contribution in [-0.2, 0) is 4.79 Å². The number of amides is 1. The van der Waals surface area contributed by atoms with E-state index in [1.165, 1.54) is 12.8 Å². The SMILES string of the molecule is CC(C(N)=O)N1CCCC1.Cl.Cl. The third-order valence-corrected chi connectivity index (χ3v) is 2.10. The zero-order valence-corrected chi connectivity index (χ0v) is 8.79. The predicted molar refractivity (Wildman–Crippen MR) is 54.0 cm³/mol. The molecule has 0 aromatic carbocycles. The molecule has 1 unspecified atom stereocenters. The topological polar surface area (TPSA) is 46.3 Å². The van der Waals surface area contributed by atoms with Crippen LogP contribution in [-0.4, -0.2) is 29.9 Å². The fraction of sp³-hybridized carbons (Fsp3) is 0.857. The molecule has 0 saturated carbocycles. The molecule has 0 spiro atoms. The van der Waals surface area contributed by atoms with Gasteiger partial charge in [-0.15, -0.1) is 24.8 Å². The highest BCUT2D eigenvalue weighted by Crippen LogP contribution is 2.10. The van der Waals surface area contributed by atoms with Crippen molar-refractivity contribution < 1.29 is 4.79 Å². The second-order valence-electron chi connectivity index (χ2n) is 2.82. The van der Waals surface area contributed by atoms with E-state index >= 15 is 0 Å². The maximum absolute atomic E-state index is 10.7. The summed E-state index contributed by atoms with van der Waals surface area (Å²) in [6.07, 6.45) is 2.41. The number of halogens is 2. The monoisotopic (exact) mass is 214 g/mol. The standard InChI is InChI=1S/C7H14N2O.2ClH/c1-6(7(8)10)9-4-2-3-5-9;;/h6H,2-5H2,1H3,(H2,8,10);2*1H. The van der Waals surface area contributed by atoms with Crippen LogP contribution < -0.4 is 5.73 Å². The van der Waals surface area contributed by atoms with E-state index in [0.717, 1.165) is 13.1 Å². The minimum absolute atomic E-state index is 0. The molecule has 1 rings (SSSR count). The Hall–Kier alpha value is 0.01000. The van der Waals surface area contributed by atoms with Crippen molar-refractivity contribution in [3.05, 3.63) is 0 Å². The summed E-state index contributed by atoms with van der Waals surface area (Å²) in [7, 11) is 0. The van der Waals surface area contributed by atoms with E-state index in [4.69, 9.17) is 5.73 Å². The van der Waals surface area contributed by atoms with Crippen molar-refractivity contribution >= 4 is 30.7 Å². The summed E-state index contributed by atoms with van der Waals surface area (Å²) in [5.41, 5.74) is 5.14. The van der Waals surface area contributed by atoms with E-state index in [2.05, 4.69) is 4.90 Å². The zero-order chi connectivity index (χ0) is 7.56. The number of nitrogens with two attached hydrogens (primary N) is 1. The summed E-state index contributed by atoms with van der Waals surface area (Å²) in [5.74, 6) is -0.207. The summed E-state index contributed by atoms with van der Waals surface area (Å²) in [6.45, 7) is 3.93. The number of likely N-dealkylation sites (tertiary alicyclic amines) is 1. The molecule has 0 aromatic heterocycles. The molecule has 1 saturated heterocycles. The molecule has 1 atom stereocenters. The lowest BCUT2D eigenvalue weighted by molar-refractivity contribution is -0.122. The molecule has 3 nitrogen and oxygen atoms in total. The van der Waals surface area contributed by atoms with Crippen LogP contribution in [0, 0.1) is 0 Å². The molecule has 0 bridgehead atoms. The number of nitrogens with zero attached hydrogens (tertiary/aromatic N) is 1. The van der Waals surface area contributed by atoms with Crippen molar-refractivity contribution in [2.75, 3.05) is 13.1 Å². The molecule has 5 heteroatoms. The molecule has 0 radical (unpaired) electrons. The van der Waals surface area contributed by atoms with Crippen molar-refractivity contribution in [1.29, 1.82) is 0 Å². The first-order valence-electron chi connectivity index (χ1n) is 3.75. The van der Waals surface area contributed by atoms with Crippen LogP contribution in [0.2, 0.25) is 0 Å². The second kappa shape index (κ2) is 6.52. The zero-order valence-electron chi connectivity index (χ0n) is 7.16. The number of hydrogen-bond donors (Lipinski definition) is 1. The van der Waals surface area contributed by atoms with E-state index < -0.39 is 0 Å². The number of carbonyl (C=O) groups excluding carboxylic acids is 1. The highest BCUT2D eigenvalue weighted by molar-refractivity contribution is 5.85. The van der Waals surface area contributed by atoms with Crippen LogP contribution in [0.5, 0.6) is 0 Å². The van der Waals surface area contributed by atoms with E-state index in [9.17, 15) is 4.79 Å². The van der Waals surface area contributed by atoms with Gasteiger partial charge in [-0.05, 0) is 32.9 Å². The minimum atomic E-state index is -0.207. The maximum atomic E-state index is 10.7. The number of rotatable bonds is 2. The summed E-state index contributed by atoms with van der Waals surface area (Å²) < 4.78 is 0. The van der Waals surface area contributed by atoms with E-state index in [1.807, 2.05) is 6.92 Å². The van der Waals surface area contributed by atoms with Crippen molar-refractivity contribution in [3.63, 3.8) is 0 Å². The average molecular weight is 215 g/mol. The molecule has 0 aromatic rings. The molecule has 12 heavy (non-hydrogen) atoms. The van der Waals surface area contributed by atoms with Gasteiger partial charge in [-0.1, -0.05) is 0 Å². The fourth-order valence-corrected chi connectivity index (χ4v) is 1.31. The lowest BCUT2D eigenvalue weighted by atomic mass is 10.3. The van der Waals surface area contributed by atoms with Crippen molar-refractivity contribution in [2.45, 2.75) is 25.8 Å². The first kappa shape index (κ1) is 14.5. The molecular weight excluding hydrogens is 199 g/mol. The van der Waals surface area contributed by atoms with Crippen molar-refractivity contribution in [2.24, 2.45) is 5.73 Å². The lowest BCUT2D eigenvalue weighted by Gasteiger charge is -2.19. The molecule has 1 aliphatic heterocycles. The Labute approximate surface area is 85.5 Å². The van der Waals surface area contributed by atoms with Crippen molar-refractivity contribution in [1.82, 2.24) is 4.90 Å². The smallest absolute Gasteiger partial charge is 0.234 e. The molecule has 74 valence electrons. The second-order valence-corrected chi connectivity index (χ2v) is 2.82. The summed E-state index contributed by atoms with van der Waals surface area (Å²) in [4.78, 5) is 12.8. The number of hydrogen-bond acceptors (Lipinski definition) is 2. The Kier molecular flexibility index (Phi) is 7.89. The van der Waals surface area contributed by atoms with Gasteiger partial charge in [0, 0.05) is 0 Å². The average Bonchev–Trinajstić information content (AvgIpc) is 2.36. The maximum Gasteiger partial charge on any atom is 0.234 e. The van der Waals surface area contributed by atoms with E-state index in [1.54, 1.807) is 0 Å². The normalized spacial score (nSPS) is 19.1. The van der Waals surface area contributed by atoms with E-state index in [-0.39, 0.29) is 36.8 Å². The van der Waals surface area contributed by atoms with Crippen molar-refractivity contribution in [3.8, 4) is 0 Å². The molecule has 1 aliphatic rings. The molecular formula is C7H16Cl2N2O.